The topological polar surface area (TPSA) is 62.7 Å². The molecule has 50 heavy (non-hydrogen) atoms. The molecule has 6 nitrogen and oxygen atoms in total. The van der Waals surface area contributed by atoms with E-state index in [1.54, 1.807) is 31.7 Å². The van der Waals surface area contributed by atoms with Gasteiger partial charge in [0.15, 0.2) is 0 Å². The zero-order valence-corrected chi connectivity index (χ0v) is 36.5. The van der Waals surface area contributed by atoms with E-state index in [1.165, 1.54) is 72.2 Å². The Bertz CT molecular complexity index is 1670. The van der Waals surface area contributed by atoms with Gasteiger partial charge in [0.1, 0.15) is 21.4 Å². The molecule has 2 spiro atoms. The molecule has 0 atom stereocenters. The van der Waals surface area contributed by atoms with E-state index in [1.807, 2.05) is 22.7 Å². The van der Waals surface area contributed by atoms with Gasteiger partial charge in [-0.25, -0.2) is 9.97 Å². The molecule has 2 saturated heterocycles. The van der Waals surface area contributed by atoms with Crippen molar-refractivity contribution in [3.8, 4) is 29.5 Å². The Morgan fingerprint density at radius 3 is 1.28 bits per heavy atom. The molecule has 6 heterocycles. The molecule has 0 bridgehead atoms. The number of thiazole rings is 2. The number of hydrogen-bond donors (Lipinski definition) is 0. The molecule has 4 aromatic rings. The summed E-state index contributed by atoms with van der Waals surface area (Å²) in [4.78, 5) is 15.5. The average molecular weight is 787 g/mol. The summed E-state index contributed by atoms with van der Waals surface area (Å²) in [6, 6.07) is 4.89. The molecule has 3 aliphatic rings. The Kier molecular flexibility index (Phi) is 10.9. The summed E-state index contributed by atoms with van der Waals surface area (Å²) in [5.74, 6) is -2.56. The molecule has 12 heteroatoms. The molecule has 0 amide bonds. The van der Waals surface area contributed by atoms with Gasteiger partial charge in [-0.1, -0.05) is 91.7 Å². The predicted octanol–water partition coefficient (Wildman–Crippen LogP) is 10.5. The van der Waals surface area contributed by atoms with Crippen LogP contribution in [0.2, 0.25) is 39.3 Å². The number of ether oxygens (including phenoxy) is 4. The molecule has 0 saturated carbocycles. The summed E-state index contributed by atoms with van der Waals surface area (Å²) in [6.07, 6.45) is 12.5. The second kappa shape index (κ2) is 14.6. The summed E-state index contributed by atoms with van der Waals surface area (Å²) >= 11 is 7.44. The zero-order valence-electron chi connectivity index (χ0n) is 31.2. The maximum absolute atomic E-state index is 6.61. The third-order valence-corrected chi connectivity index (χ3v) is 22.2. The second-order valence-corrected chi connectivity index (χ2v) is 30.9. The minimum absolute atomic E-state index is 0.458. The summed E-state index contributed by atoms with van der Waals surface area (Å²) < 4.78 is 29.6. The molecule has 272 valence electrons. The van der Waals surface area contributed by atoms with Gasteiger partial charge in [-0.2, -0.15) is 0 Å². The standard InChI is InChI=1S/C38H54N2O4S4Si2/c1-9-11-13-15-17-25-23-27(45-35(25)49(3,4)5)33-39-31-29(47-33)30-32(38(43-21-22-44-38)37(31)41-19-20-42-37)40-34(48-30)28-24-26(18-16-14-12-10-2)36(46-28)50(6,7)8/h23-24H,9-22H2,1-8H3. The van der Waals surface area contributed by atoms with Gasteiger partial charge in [-0.3, -0.25) is 0 Å². The first kappa shape index (κ1) is 37.3. The van der Waals surface area contributed by atoms with Crippen LogP contribution < -0.4 is 9.00 Å². The van der Waals surface area contributed by atoms with Gasteiger partial charge in [0.05, 0.1) is 62.1 Å². The Labute approximate surface area is 317 Å². The van der Waals surface area contributed by atoms with Crippen LogP contribution in [0, 0.1) is 0 Å². The lowest BCUT2D eigenvalue weighted by Gasteiger charge is -2.42. The Morgan fingerprint density at radius 2 is 0.940 bits per heavy atom. The highest BCUT2D eigenvalue weighted by Crippen LogP contribution is 2.62. The fourth-order valence-corrected chi connectivity index (χ4v) is 17.4. The van der Waals surface area contributed by atoms with E-state index < -0.39 is 27.7 Å². The first-order valence-electron chi connectivity index (χ1n) is 18.8. The largest absolute Gasteiger partial charge is 0.338 e. The van der Waals surface area contributed by atoms with Crippen molar-refractivity contribution in [1.29, 1.82) is 0 Å². The molecule has 0 unspecified atom stereocenters. The van der Waals surface area contributed by atoms with Crippen LogP contribution in [0.5, 0.6) is 0 Å². The molecule has 2 aliphatic heterocycles. The number of nitrogens with zero attached hydrogens (tertiary/aromatic N) is 2. The molecular weight excluding hydrogens is 733 g/mol. The van der Waals surface area contributed by atoms with Crippen molar-refractivity contribution in [1.82, 2.24) is 9.97 Å². The summed E-state index contributed by atoms with van der Waals surface area (Å²) in [5.41, 5.74) is 4.63. The van der Waals surface area contributed by atoms with Crippen molar-refractivity contribution in [3.05, 3.63) is 34.6 Å². The molecule has 0 radical (unpaired) electrons. The molecule has 1 aliphatic carbocycles. The van der Waals surface area contributed by atoms with E-state index in [0.717, 1.165) is 44.0 Å². The van der Waals surface area contributed by atoms with Gasteiger partial charge in [0.2, 0.25) is 0 Å². The first-order valence-corrected chi connectivity index (χ1v) is 29.0. The van der Waals surface area contributed by atoms with Crippen LogP contribution in [0.3, 0.4) is 0 Å². The number of rotatable bonds is 14. The lowest BCUT2D eigenvalue weighted by atomic mass is 9.90. The number of thiophene rings is 2. The quantitative estimate of drug-likeness (QED) is 0.0937. The van der Waals surface area contributed by atoms with Gasteiger partial charge in [-0.05, 0) is 57.9 Å². The van der Waals surface area contributed by atoms with Crippen molar-refractivity contribution in [2.75, 3.05) is 26.4 Å². The molecule has 7 rings (SSSR count). The number of aryl methyl sites for hydroxylation is 2. The first-order chi connectivity index (χ1) is 23.9. The van der Waals surface area contributed by atoms with Crippen LogP contribution >= 0.6 is 45.3 Å². The zero-order chi connectivity index (χ0) is 35.3. The summed E-state index contributed by atoms with van der Waals surface area (Å²) in [6.45, 7) is 21.2. The van der Waals surface area contributed by atoms with Crippen molar-refractivity contribution in [2.45, 2.75) is 129 Å². The van der Waals surface area contributed by atoms with Crippen LogP contribution in [0.25, 0.3) is 29.5 Å². The number of hydrogen-bond acceptors (Lipinski definition) is 10. The van der Waals surface area contributed by atoms with Crippen LogP contribution in [0.4, 0.5) is 0 Å². The summed E-state index contributed by atoms with van der Waals surface area (Å²) in [7, 11) is -3.09. The Balaban J connectivity index is 1.34. The third kappa shape index (κ3) is 6.66. The van der Waals surface area contributed by atoms with E-state index in [4.69, 9.17) is 28.9 Å². The van der Waals surface area contributed by atoms with Gasteiger partial charge in [-0.15, -0.1) is 45.3 Å². The van der Waals surface area contributed by atoms with Gasteiger partial charge >= 0.3 is 0 Å². The molecule has 0 aromatic carbocycles. The lowest BCUT2D eigenvalue weighted by molar-refractivity contribution is -0.368. The van der Waals surface area contributed by atoms with Crippen molar-refractivity contribution >= 4 is 70.5 Å². The van der Waals surface area contributed by atoms with Crippen molar-refractivity contribution < 1.29 is 18.9 Å². The van der Waals surface area contributed by atoms with Gasteiger partial charge in [0.25, 0.3) is 11.6 Å². The fourth-order valence-electron chi connectivity index (χ4n) is 7.59. The predicted molar refractivity (Wildman–Crippen MR) is 219 cm³/mol. The van der Waals surface area contributed by atoms with Gasteiger partial charge < -0.3 is 18.9 Å². The third-order valence-electron chi connectivity index (χ3n) is 9.91. The molecule has 4 aromatic heterocycles. The number of aromatic nitrogens is 2. The van der Waals surface area contributed by atoms with Crippen molar-refractivity contribution in [3.63, 3.8) is 0 Å². The normalized spacial score (nSPS) is 18.1. The van der Waals surface area contributed by atoms with E-state index in [2.05, 4.69) is 65.3 Å². The van der Waals surface area contributed by atoms with Crippen LogP contribution in [-0.2, 0) is 43.4 Å². The molecule has 2 fully saturated rings. The SMILES string of the molecule is CCCCCCc1cc(-c2nc3c(s2)-c2sc(-c4cc(CCCCCC)c([Si](C)(C)C)s4)nc2C2(OCCO2)C32OCCO2)sc1[Si](C)(C)C. The van der Waals surface area contributed by atoms with E-state index in [0.29, 0.717) is 26.4 Å². The van der Waals surface area contributed by atoms with Crippen molar-refractivity contribution in [2.24, 2.45) is 0 Å². The number of fused-ring (bicyclic) bond motifs is 6. The fraction of sp³-hybridized carbons (Fsp3) is 0.632. The summed E-state index contributed by atoms with van der Waals surface area (Å²) in [5, 5.41) is 2.06. The lowest BCUT2D eigenvalue weighted by Crippen LogP contribution is -2.53. The highest BCUT2D eigenvalue weighted by atomic mass is 32.1. The monoisotopic (exact) mass is 786 g/mol. The van der Waals surface area contributed by atoms with E-state index in [9.17, 15) is 0 Å². The highest BCUT2D eigenvalue weighted by molar-refractivity contribution is 7.33. The Hall–Kier alpha value is -1.07. The minimum Gasteiger partial charge on any atom is -0.338 e. The van der Waals surface area contributed by atoms with Crippen LogP contribution in [-0.4, -0.2) is 52.5 Å². The molecule has 0 N–H and O–H groups in total. The highest BCUT2D eigenvalue weighted by Gasteiger charge is 2.69. The minimum atomic E-state index is -1.55. The number of unbranched alkanes of at least 4 members (excludes halogenated alkanes) is 6. The maximum Gasteiger partial charge on any atom is 0.276 e. The van der Waals surface area contributed by atoms with E-state index in [-0.39, 0.29) is 0 Å². The van der Waals surface area contributed by atoms with Crippen LogP contribution in [0.15, 0.2) is 12.1 Å². The van der Waals surface area contributed by atoms with E-state index >= 15 is 0 Å². The maximum atomic E-state index is 6.61. The van der Waals surface area contributed by atoms with Gasteiger partial charge in [0, 0.05) is 0 Å². The second-order valence-electron chi connectivity index (χ2n) is 16.1. The molecular formula is C38H54N2O4S4Si2. The van der Waals surface area contributed by atoms with Crippen LogP contribution in [0.1, 0.15) is 87.7 Å². The Morgan fingerprint density at radius 1 is 0.560 bits per heavy atom. The average Bonchev–Trinajstić information content (AvgIpc) is 3.89. The smallest absolute Gasteiger partial charge is 0.276 e.